The first-order valence-electron chi connectivity index (χ1n) is 10.3. The molecule has 5 rings (SSSR count). The molecule has 6 heteroatoms. The van der Waals surface area contributed by atoms with Crippen LogP contribution in [0.2, 0.25) is 0 Å². The maximum atomic E-state index is 13.0. The van der Waals surface area contributed by atoms with E-state index in [1.54, 1.807) is 18.3 Å². The van der Waals surface area contributed by atoms with Crippen LogP contribution in [0.1, 0.15) is 27.3 Å². The number of hydrogen-bond acceptors (Lipinski definition) is 3. The zero-order chi connectivity index (χ0) is 21.2. The van der Waals surface area contributed by atoms with Gasteiger partial charge in [0.1, 0.15) is 5.82 Å². The van der Waals surface area contributed by atoms with Gasteiger partial charge in [0.15, 0.2) is 0 Å². The molecule has 0 atom stereocenters. The summed E-state index contributed by atoms with van der Waals surface area (Å²) in [5.74, 6) is -0.248. The molecule has 1 amide bonds. The van der Waals surface area contributed by atoms with Crippen molar-refractivity contribution in [3.8, 4) is 22.5 Å². The van der Waals surface area contributed by atoms with E-state index in [9.17, 15) is 9.18 Å². The van der Waals surface area contributed by atoms with Crippen molar-refractivity contribution in [3.05, 3.63) is 95.3 Å². The van der Waals surface area contributed by atoms with Crippen molar-refractivity contribution >= 4 is 5.91 Å². The Morgan fingerprint density at radius 3 is 2.58 bits per heavy atom. The van der Waals surface area contributed by atoms with Crippen molar-refractivity contribution in [1.82, 2.24) is 20.3 Å². The lowest BCUT2D eigenvalue weighted by molar-refractivity contribution is 0.0946. The van der Waals surface area contributed by atoms with Gasteiger partial charge in [0, 0.05) is 53.6 Å². The number of pyridine rings is 2. The first-order valence-corrected chi connectivity index (χ1v) is 10.3. The molecule has 3 aromatic heterocycles. The lowest BCUT2D eigenvalue weighted by Gasteiger charge is -2.10. The van der Waals surface area contributed by atoms with Crippen molar-refractivity contribution in [2.75, 3.05) is 6.54 Å². The van der Waals surface area contributed by atoms with Gasteiger partial charge in [-0.15, -0.1) is 0 Å². The molecule has 0 bridgehead atoms. The van der Waals surface area contributed by atoms with Gasteiger partial charge in [0.05, 0.1) is 11.3 Å². The third-order valence-electron chi connectivity index (χ3n) is 5.58. The second-order valence-electron chi connectivity index (χ2n) is 7.68. The monoisotopic (exact) mass is 412 g/mol. The molecule has 154 valence electrons. The number of carbonyl (C=O) groups excluding carboxylic acids is 1. The van der Waals surface area contributed by atoms with Crippen molar-refractivity contribution in [2.24, 2.45) is 0 Å². The van der Waals surface area contributed by atoms with E-state index in [0.29, 0.717) is 12.1 Å². The number of halogens is 1. The summed E-state index contributed by atoms with van der Waals surface area (Å²) in [7, 11) is 0. The van der Waals surface area contributed by atoms with Crippen LogP contribution < -0.4 is 5.32 Å². The molecule has 4 aromatic rings. The molecule has 31 heavy (non-hydrogen) atoms. The van der Waals surface area contributed by atoms with Gasteiger partial charge in [0.25, 0.3) is 5.91 Å². The van der Waals surface area contributed by atoms with E-state index in [1.165, 1.54) is 12.1 Å². The molecule has 0 radical (unpaired) electrons. The highest BCUT2D eigenvalue weighted by Gasteiger charge is 2.20. The molecular formula is C25H21FN4O. The smallest absolute Gasteiger partial charge is 0.253 e. The van der Waals surface area contributed by atoms with Crippen LogP contribution in [0, 0.1) is 5.82 Å². The first-order chi connectivity index (χ1) is 15.2. The number of rotatable bonds is 5. The Kier molecular flexibility index (Phi) is 5.04. The predicted octanol–water partition coefficient (Wildman–Crippen LogP) is 4.35. The van der Waals surface area contributed by atoms with Gasteiger partial charge in [-0.1, -0.05) is 12.1 Å². The number of H-pyrrole nitrogens is 1. The second kappa shape index (κ2) is 8.14. The summed E-state index contributed by atoms with van der Waals surface area (Å²) in [5, 5.41) is 2.87. The van der Waals surface area contributed by atoms with Crippen LogP contribution in [-0.2, 0) is 19.3 Å². The molecule has 4 heterocycles. The van der Waals surface area contributed by atoms with E-state index in [2.05, 4.69) is 20.3 Å². The van der Waals surface area contributed by atoms with Crippen LogP contribution in [0.15, 0.2) is 67.0 Å². The highest BCUT2D eigenvalue weighted by Crippen LogP contribution is 2.27. The summed E-state index contributed by atoms with van der Waals surface area (Å²) in [6.45, 7) is 0.659. The standard InChI is InChI=1S/C25H21FN4O/c26-19-5-1-16(2-6-19)3-7-20-8-4-18(15-29-20)23-13-17(9-11-27-23)24-14-21-22(30-24)10-12-28-25(21)31/h1-2,4-6,8-9,11,13-15,30H,3,7,10,12H2,(H,28,31). The topological polar surface area (TPSA) is 70.7 Å². The summed E-state index contributed by atoms with van der Waals surface area (Å²) < 4.78 is 13.0. The maximum Gasteiger partial charge on any atom is 0.253 e. The number of aromatic nitrogens is 3. The molecule has 0 spiro atoms. The molecule has 5 nitrogen and oxygen atoms in total. The number of hydrogen-bond donors (Lipinski definition) is 2. The predicted molar refractivity (Wildman–Crippen MR) is 117 cm³/mol. The van der Waals surface area contributed by atoms with Crippen LogP contribution in [0.5, 0.6) is 0 Å². The van der Waals surface area contributed by atoms with E-state index in [0.717, 1.165) is 58.7 Å². The van der Waals surface area contributed by atoms with Crippen LogP contribution in [0.3, 0.4) is 0 Å². The Balaban J connectivity index is 1.33. The van der Waals surface area contributed by atoms with E-state index < -0.39 is 0 Å². The Labute approximate surface area is 179 Å². The van der Waals surface area contributed by atoms with E-state index in [1.807, 2.05) is 36.5 Å². The molecule has 1 aromatic carbocycles. The number of benzene rings is 1. The normalized spacial score (nSPS) is 13.0. The maximum absolute atomic E-state index is 13.0. The van der Waals surface area contributed by atoms with Gasteiger partial charge in [-0.05, 0) is 60.9 Å². The van der Waals surface area contributed by atoms with Gasteiger partial charge in [-0.25, -0.2) is 4.39 Å². The SMILES string of the molecule is O=C1NCCc2[nH]c(-c3ccnc(-c4ccc(CCc5ccc(F)cc5)nc4)c3)cc21. The minimum absolute atomic E-state index is 0.0292. The number of nitrogens with one attached hydrogen (secondary N) is 2. The third-order valence-corrected chi connectivity index (χ3v) is 5.58. The zero-order valence-electron chi connectivity index (χ0n) is 16.9. The molecule has 0 unspecified atom stereocenters. The molecule has 1 aliphatic rings. The fourth-order valence-electron chi connectivity index (χ4n) is 3.85. The first kappa shape index (κ1) is 19.2. The van der Waals surface area contributed by atoms with Gasteiger partial charge in [-0.2, -0.15) is 0 Å². The highest BCUT2D eigenvalue weighted by molar-refractivity contribution is 5.97. The van der Waals surface area contributed by atoms with E-state index >= 15 is 0 Å². The number of nitrogens with zero attached hydrogens (tertiary/aromatic N) is 2. The number of aromatic amines is 1. The van der Waals surface area contributed by atoms with Crippen LogP contribution in [0.25, 0.3) is 22.5 Å². The number of amides is 1. The van der Waals surface area contributed by atoms with Crippen molar-refractivity contribution in [2.45, 2.75) is 19.3 Å². The van der Waals surface area contributed by atoms with Gasteiger partial charge in [-0.3, -0.25) is 14.8 Å². The summed E-state index contributed by atoms with van der Waals surface area (Å²) in [5.41, 5.74) is 7.41. The third kappa shape index (κ3) is 4.10. The average Bonchev–Trinajstić information content (AvgIpc) is 3.25. The van der Waals surface area contributed by atoms with Crippen LogP contribution in [0.4, 0.5) is 4.39 Å². The second-order valence-corrected chi connectivity index (χ2v) is 7.68. The minimum atomic E-state index is -0.219. The average molecular weight is 412 g/mol. The number of aryl methyl sites for hydroxylation is 2. The van der Waals surface area contributed by atoms with Gasteiger partial charge < -0.3 is 10.3 Å². The lowest BCUT2D eigenvalue weighted by atomic mass is 10.1. The fourth-order valence-corrected chi connectivity index (χ4v) is 3.85. The van der Waals surface area contributed by atoms with E-state index in [-0.39, 0.29) is 11.7 Å². The van der Waals surface area contributed by atoms with Gasteiger partial charge >= 0.3 is 0 Å². The molecule has 2 N–H and O–H groups in total. The molecule has 0 saturated carbocycles. The molecule has 0 saturated heterocycles. The van der Waals surface area contributed by atoms with E-state index in [4.69, 9.17) is 0 Å². The Morgan fingerprint density at radius 2 is 1.81 bits per heavy atom. The Morgan fingerprint density at radius 1 is 0.935 bits per heavy atom. The Hall–Kier alpha value is -3.80. The largest absolute Gasteiger partial charge is 0.358 e. The lowest BCUT2D eigenvalue weighted by Crippen LogP contribution is -2.31. The summed E-state index contributed by atoms with van der Waals surface area (Å²) >= 11 is 0. The quantitative estimate of drug-likeness (QED) is 0.512. The van der Waals surface area contributed by atoms with Crippen LogP contribution in [-0.4, -0.2) is 27.4 Å². The fraction of sp³-hybridized carbons (Fsp3) is 0.160. The number of carbonyl (C=O) groups is 1. The van der Waals surface area contributed by atoms with Gasteiger partial charge in [0.2, 0.25) is 0 Å². The molecule has 1 aliphatic heterocycles. The molecular weight excluding hydrogens is 391 g/mol. The summed E-state index contributed by atoms with van der Waals surface area (Å²) in [6, 6.07) is 16.4. The molecule has 0 aliphatic carbocycles. The Bertz CT molecular complexity index is 1230. The minimum Gasteiger partial charge on any atom is -0.358 e. The highest BCUT2D eigenvalue weighted by atomic mass is 19.1. The summed E-state index contributed by atoms with van der Waals surface area (Å²) in [6.07, 6.45) is 6.01. The van der Waals surface area contributed by atoms with Crippen molar-refractivity contribution < 1.29 is 9.18 Å². The van der Waals surface area contributed by atoms with Crippen molar-refractivity contribution in [1.29, 1.82) is 0 Å². The zero-order valence-corrected chi connectivity index (χ0v) is 16.9. The number of fused-ring (bicyclic) bond motifs is 1. The van der Waals surface area contributed by atoms with Crippen LogP contribution >= 0.6 is 0 Å². The summed E-state index contributed by atoms with van der Waals surface area (Å²) in [4.78, 5) is 24.5. The van der Waals surface area contributed by atoms with Crippen molar-refractivity contribution in [3.63, 3.8) is 0 Å². The molecule has 0 fully saturated rings.